The van der Waals surface area contributed by atoms with Crippen LogP contribution in [-0.2, 0) is 10.0 Å². The molecule has 0 saturated heterocycles. The molecule has 0 aliphatic rings. The van der Waals surface area contributed by atoms with Crippen LogP contribution < -0.4 is 4.31 Å². The molecule has 0 heterocycles. The maximum Gasteiger partial charge on any atom is 0.264 e. The van der Waals surface area contributed by atoms with Gasteiger partial charge >= 0.3 is 0 Å². The Morgan fingerprint density at radius 1 is 1.04 bits per heavy atom. The van der Waals surface area contributed by atoms with Crippen LogP contribution in [0, 0.1) is 12.7 Å². The second-order valence-electron chi connectivity index (χ2n) is 6.47. The lowest BCUT2D eigenvalue weighted by Crippen LogP contribution is -2.42. The van der Waals surface area contributed by atoms with Crippen LogP contribution in [0.2, 0.25) is 0 Å². The van der Waals surface area contributed by atoms with Crippen molar-refractivity contribution in [1.82, 2.24) is 4.90 Å². The highest BCUT2D eigenvalue weighted by atomic mass is 32.2. The quantitative estimate of drug-likeness (QED) is 0.673. The predicted molar refractivity (Wildman–Crippen MR) is 103 cm³/mol. The Bertz CT molecular complexity index is 826. The molecule has 0 aliphatic carbocycles. The fourth-order valence-electron chi connectivity index (χ4n) is 2.66. The maximum atomic E-state index is 13.3. The van der Waals surface area contributed by atoms with Gasteiger partial charge in [-0.3, -0.25) is 4.31 Å². The number of aliphatic hydroxyl groups is 2. The van der Waals surface area contributed by atoms with Crippen molar-refractivity contribution in [2.24, 2.45) is 0 Å². The topological polar surface area (TPSA) is 81.1 Å². The van der Waals surface area contributed by atoms with Gasteiger partial charge in [0.05, 0.1) is 29.8 Å². The number of anilines is 1. The number of nitrogens with zero attached hydrogens (tertiary/aromatic N) is 2. The van der Waals surface area contributed by atoms with Crippen molar-refractivity contribution in [2.75, 3.05) is 37.6 Å². The largest absolute Gasteiger partial charge is 0.395 e. The lowest BCUT2D eigenvalue weighted by molar-refractivity contribution is 0.121. The lowest BCUT2D eigenvalue weighted by atomic mass is 10.2. The zero-order valence-electron chi connectivity index (χ0n) is 15.4. The molecule has 27 heavy (non-hydrogen) atoms. The van der Waals surface area contributed by atoms with Crippen LogP contribution in [0.4, 0.5) is 10.1 Å². The molecule has 2 N–H and O–H groups in total. The van der Waals surface area contributed by atoms with Gasteiger partial charge in [0.1, 0.15) is 5.82 Å². The van der Waals surface area contributed by atoms with E-state index in [1.807, 2.05) is 6.92 Å². The number of aliphatic hydroxyl groups excluding tert-OH is 2. The first-order valence-corrected chi connectivity index (χ1v) is 10.0. The summed E-state index contributed by atoms with van der Waals surface area (Å²) < 4.78 is 40.7. The molecule has 6 nitrogen and oxygen atoms in total. The van der Waals surface area contributed by atoms with Gasteiger partial charge in [-0.25, -0.2) is 12.8 Å². The van der Waals surface area contributed by atoms with Gasteiger partial charge in [-0.15, -0.1) is 0 Å². The standard InChI is InChI=1S/C19H25FN2O4S/c1-15-3-9-19(10-4-15)27(25,26)22(17-7-5-16(20)6-8-17)14-18(24)13-21(2)11-12-23/h3-10,18,23-24H,11-14H2,1-2H3/t18-/m0/s1. The van der Waals surface area contributed by atoms with Gasteiger partial charge in [-0.1, -0.05) is 17.7 Å². The lowest BCUT2D eigenvalue weighted by Gasteiger charge is -2.28. The monoisotopic (exact) mass is 396 g/mol. The minimum atomic E-state index is -3.94. The number of benzene rings is 2. The SMILES string of the molecule is Cc1ccc(S(=O)(=O)N(C[C@@H](O)CN(C)CCO)c2ccc(F)cc2)cc1. The van der Waals surface area contributed by atoms with Crippen LogP contribution in [0.3, 0.4) is 0 Å². The molecular formula is C19H25FN2O4S. The van der Waals surface area contributed by atoms with Crippen molar-refractivity contribution in [3.8, 4) is 0 Å². The first kappa shape index (κ1) is 21.3. The van der Waals surface area contributed by atoms with E-state index in [0.29, 0.717) is 6.54 Å². The summed E-state index contributed by atoms with van der Waals surface area (Å²) in [4.78, 5) is 1.79. The number of aryl methyl sites for hydroxylation is 1. The number of hydrogen-bond donors (Lipinski definition) is 2. The first-order chi connectivity index (χ1) is 12.7. The second kappa shape index (κ2) is 9.27. The van der Waals surface area contributed by atoms with E-state index in [4.69, 9.17) is 5.11 Å². The van der Waals surface area contributed by atoms with Crippen LogP contribution in [0.15, 0.2) is 53.4 Å². The number of halogens is 1. The molecular weight excluding hydrogens is 371 g/mol. The molecule has 0 amide bonds. The number of hydrogen-bond acceptors (Lipinski definition) is 5. The van der Waals surface area contributed by atoms with Gasteiger partial charge in [-0.2, -0.15) is 0 Å². The molecule has 148 valence electrons. The van der Waals surface area contributed by atoms with Crippen molar-refractivity contribution in [3.05, 3.63) is 59.9 Å². The highest BCUT2D eigenvalue weighted by Crippen LogP contribution is 2.24. The Balaban J connectivity index is 2.34. The van der Waals surface area contributed by atoms with Crippen LogP contribution in [0.1, 0.15) is 5.56 Å². The van der Waals surface area contributed by atoms with Crippen molar-refractivity contribution in [2.45, 2.75) is 17.9 Å². The molecule has 0 unspecified atom stereocenters. The average molecular weight is 396 g/mol. The number of likely N-dealkylation sites (N-methyl/N-ethyl adjacent to an activating group) is 1. The maximum absolute atomic E-state index is 13.3. The number of rotatable bonds is 9. The van der Waals surface area contributed by atoms with E-state index in [0.717, 1.165) is 9.87 Å². The third-order valence-corrected chi connectivity index (χ3v) is 5.91. The molecule has 2 rings (SSSR count). The minimum Gasteiger partial charge on any atom is -0.395 e. The molecule has 0 saturated carbocycles. The van der Waals surface area contributed by atoms with E-state index < -0.39 is 21.9 Å². The summed E-state index contributed by atoms with van der Waals surface area (Å²) in [6, 6.07) is 11.5. The van der Waals surface area contributed by atoms with E-state index in [1.165, 1.54) is 36.4 Å². The average Bonchev–Trinajstić information content (AvgIpc) is 2.61. The second-order valence-corrected chi connectivity index (χ2v) is 8.33. The van der Waals surface area contributed by atoms with Gasteiger partial charge in [0.2, 0.25) is 0 Å². The minimum absolute atomic E-state index is 0.0629. The zero-order chi connectivity index (χ0) is 20.0. The number of sulfonamides is 1. The normalized spacial score (nSPS) is 13.0. The Labute approximate surface area is 159 Å². The van der Waals surface area contributed by atoms with E-state index >= 15 is 0 Å². The third kappa shape index (κ3) is 5.74. The van der Waals surface area contributed by atoms with E-state index in [2.05, 4.69) is 0 Å². The summed E-state index contributed by atoms with van der Waals surface area (Å²) in [6.45, 7) is 2.14. The molecule has 2 aromatic carbocycles. The Kier molecular flexibility index (Phi) is 7.32. The van der Waals surface area contributed by atoms with Crippen molar-refractivity contribution in [3.63, 3.8) is 0 Å². The Morgan fingerprint density at radius 3 is 2.19 bits per heavy atom. The van der Waals surface area contributed by atoms with Gasteiger partial charge in [-0.05, 0) is 50.4 Å². The summed E-state index contributed by atoms with van der Waals surface area (Å²) >= 11 is 0. The predicted octanol–water partition coefficient (Wildman–Crippen LogP) is 1.61. The molecule has 8 heteroatoms. The fourth-order valence-corrected chi connectivity index (χ4v) is 4.16. The Morgan fingerprint density at radius 2 is 1.63 bits per heavy atom. The molecule has 2 aromatic rings. The van der Waals surface area contributed by atoms with Crippen LogP contribution >= 0.6 is 0 Å². The third-order valence-electron chi connectivity index (χ3n) is 4.10. The van der Waals surface area contributed by atoms with Gasteiger partial charge < -0.3 is 15.1 Å². The highest BCUT2D eigenvalue weighted by molar-refractivity contribution is 7.92. The Hall–Kier alpha value is -2.00. The molecule has 0 aliphatic heterocycles. The zero-order valence-corrected chi connectivity index (χ0v) is 16.2. The van der Waals surface area contributed by atoms with Crippen molar-refractivity contribution in [1.29, 1.82) is 0 Å². The van der Waals surface area contributed by atoms with Crippen LogP contribution in [-0.4, -0.2) is 62.9 Å². The molecule has 0 bridgehead atoms. The van der Waals surface area contributed by atoms with Gasteiger partial charge in [0.25, 0.3) is 10.0 Å². The first-order valence-electron chi connectivity index (χ1n) is 8.56. The van der Waals surface area contributed by atoms with Crippen molar-refractivity contribution < 1.29 is 23.0 Å². The fraction of sp³-hybridized carbons (Fsp3) is 0.368. The summed E-state index contributed by atoms with van der Waals surface area (Å²) in [7, 11) is -2.23. The van der Waals surface area contributed by atoms with E-state index in [1.54, 1.807) is 24.1 Å². The summed E-state index contributed by atoms with van der Waals surface area (Å²) in [5, 5.41) is 19.4. The summed E-state index contributed by atoms with van der Waals surface area (Å²) in [5.41, 5.74) is 1.19. The molecule has 0 aromatic heterocycles. The highest BCUT2D eigenvalue weighted by Gasteiger charge is 2.27. The molecule has 0 radical (unpaired) electrons. The molecule has 1 atom stereocenters. The van der Waals surface area contributed by atoms with E-state index in [9.17, 15) is 17.9 Å². The van der Waals surface area contributed by atoms with E-state index in [-0.39, 0.29) is 30.3 Å². The summed E-state index contributed by atoms with van der Waals surface area (Å²) in [6.07, 6.45) is -0.994. The summed E-state index contributed by atoms with van der Waals surface area (Å²) in [5.74, 6) is -0.477. The van der Waals surface area contributed by atoms with Crippen molar-refractivity contribution >= 4 is 15.7 Å². The van der Waals surface area contributed by atoms with Gasteiger partial charge in [0, 0.05) is 13.1 Å². The van der Waals surface area contributed by atoms with Crippen LogP contribution in [0.25, 0.3) is 0 Å². The smallest absolute Gasteiger partial charge is 0.264 e. The molecule has 0 fully saturated rings. The van der Waals surface area contributed by atoms with Crippen LogP contribution in [0.5, 0.6) is 0 Å². The van der Waals surface area contributed by atoms with Gasteiger partial charge in [0.15, 0.2) is 0 Å². The molecule has 0 spiro atoms.